The van der Waals surface area contributed by atoms with Gasteiger partial charge in [0, 0.05) is 11.3 Å². The molecule has 2 N–H and O–H groups in total. The standard InChI is InChI=1S/C8H8F2N2O/c1-4-2-5(3-13)6(11)7(12-4)8(9)10/h2-3,8H,11H2,1H3. The van der Waals surface area contributed by atoms with Gasteiger partial charge in [-0.3, -0.25) is 4.79 Å². The number of nitrogens with two attached hydrogens (primary N) is 1. The zero-order chi connectivity index (χ0) is 10.0. The maximum absolute atomic E-state index is 12.3. The molecule has 0 bridgehead atoms. The molecule has 0 radical (unpaired) electrons. The third-order valence-corrected chi connectivity index (χ3v) is 1.58. The Morgan fingerprint density at radius 2 is 2.23 bits per heavy atom. The summed E-state index contributed by atoms with van der Waals surface area (Å²) < 4.78 is 24.5. The van der Waals surface area contributed by atoms with Crippen LogP contribution in [0.2, 0.25) is 0 Å². The van der Waals surface area contributed by atoms with E-state index in [1.165, 1.54) is 13.0 Å². The van der Waals surface area contributed by atoms with Crippen LogP contribution in [-0.2, 0) is 0 Å². The largest absolute Gasteiger partial charge is 0.396 e. The zero-order valence-electron chi connectivity index (χ0n) is 6.92. The van der Waals surface area contributed by atoms with Crippen molar-refractivity contribution in [1.29, 1.82) is 0 Å². The van der Waals surface area contributed by atoms with Crippen LogP contribution in [0, 0.1) is 6.92 Å². The number of hydrogen-bond donors (Lipinski definition) is 1. The van der Waals surface area contributed by atoms with E-state index in [-0.39, 0.29) is 11.3 Å². The van der Waals surface area contributed by atoms with Crippen LogP contribution in [0.15, 0.2) is 6.07 Å². The number of carbonyl (C=O) groups excluding carboxylic acids is 1. The minimum absolute atomic E-state index is 0.0581. The molecule has 13 heavy (non-hydrogen) atoms. The molecule has 0 unspecified atom stereocenters. The highest BCUT2D eigenvalue weighted by atomic mass is 19.3. The molecule has 0 aromatic carbocycles. The number of aryl methyl sites for hydroxylation is 1. The van der Waals surface area contributed by atoms with Crippen molar-refractivity contribution in [3.05, 3.63) is 23.0 Å². The van der Waals surface area contributed by atoms with Crippen LogP contribution in [-0.4, -0.2) is 11.3 Å². The maximum Gasteiger partial charge on any atom is 0.282 e. The van der Waals surface area contributed by atoms with Gasteiger partial charge in [0.15, 0.2) is 6.29 Å². The van der Waals surface area contributed by atoms with Crippen molar-refractivity contribution in [1.82, 2.24) is 4.98 Å². The SMILES string of the molecule is Cc1cc(C=O)c(N)c(C(F)F)n1. The molecule has 0 spiro atoms. The van der Waals surface area contributed by atoms with Crippen LogP contribution in [0.5, 0.6) is 0 Å². The molecule has 1 aromatic heterocycles. The predicted octanol–water partition coefficient (Wildman–Crippen LogP) is 1.72. The van der Waals surface area contributed by atoms with Crippen molar-refractivity contribution in [2.75, 3.05) is 5.73 Å². The number of halogens is 2. The van der Waals surface area contributed by atoms with Gasteiger partial charge in [-0.25, -0.2) is 13.8 Å². The van der Waals surface area contributed by atoms with E-state index in [1.54, 1.807) is 0 Å². The van der Waals surface area contributed by atoms with E-state index < -0.39 is 12.1 Å². The van der Waals surface area contributed by atoms with Crippen LogP contribution in [0.25, 0.3) is 0 Å². The second-order valence-electron chi connectivity index (χ2n) is 2.57. The van der Waals surface area contributed by atoms with Crippen LogP contribution in [0.1, 0.15) is 28.2 Å². The van der Waals surface area contributed by atoms with E-state index >= 15 is 0 Å². The van der Waals surface area contributed by atoms with E-state index in [2.05, 4.69) is 4.98 Å². The summed E-state index contributed by atoms with van der Waals surface area (Å²) in [5.41, 5.74) is 4.94. The lowest BCUT2D eigenvalue weighted by Crippen LogP contribution is -2.04. The molecule has 0 fully saturated rings. The van der Waals surface area contributed by atoms with E-state index in [0.717, 1.165) is 0 Å². The highest BCUT2D eigenvalue weighted by molar-refractivity contribution is 5.84. The Kier molecular flexibility index (Phi) is 2.55. The summed E-state index contributed by atoms with van der Waals surface area (Å²) in [6.45, 7) is 1.53. The summed E-state index contributed by atoms with van der Waals surface area (Å²) in [4.78, 5) is 13.9. The molecular weight excluding hydrogens is 178 g/mol. The van der Waals surface area contributed by atoms with Crippen molar-refractivity contribution in [3.8, 4) is 0 Å². The predicted molar refractivity (Wildman–Crippen MR) is 43.7 cm³/mol. The number of aldehydes is 1. The normalized spacial score (nSPS) is 10.5. The van der Waals surface area contributed by atoms with Crippen molar-refractivity contribution in [2.45, 2.75) is 13.3 Å². The number of pyridine rings is 1. The first-order valence-electron chi connectivity index (χ1n) is 3.56. The molecule has 0 amide bonds. The average molecular weight is 186 g/mol. The Hall–Kier alpha value is -1.52. The van der Waals surface area contributed by atoms with Gasteiger partial charge in [0.1, 0.15) is 5.69 Å². The highest BCUT2D eigenvalue weighted by Crippen LogP contribution is 2.25. The van der Waals surface area contributed by atoms with Gasteiger partial charge >= 0.3 is 0 Å². The van der Waals surface area contributed by atoms with E-state index in [1.807, 2.05) is 0 Å². The third-order valence-electron chi connectivity index (χ3n) is 1.58. The Bertz CT molecular complexity index is 339. The second-order valence-corrected chi connectivity index (χ2v) is 2.57. The lowest BCUT2D eigenvalue weighted by molar-refractivity contribution is 0.112. The Labute approximate surface area is 73.6 Å². The zero-order valence-corrected chi connectivity index (χ0v) is 6.92. The first-order chi connectivity index (χ1) is 6.06. The van der Waals surface area contributed by atoms with E-state index in [4.69, 9.17) is 5.73 Å². The van der Waals surface area contributed by atoms with Gasteiger partial charge < -0.3 is 5.73 Å². The molecule has 3 nitrogen and oxygen atoms in total. The number of aromatic nitrogens is 1. The highest BCUT2D eigenvalue weighted by Gasteiger charge is 2.16. The van der Waals surface area contributed by atoms with Gasteiger partial charge in [0.25, 0.3) is 6.43 Å². The number of anilines is 1. The average Bonchev–Trinajstić information content (AvgIpc) is 2.08. The minimum Gasteiger partial charge on any atom is -0.396 e. The molecule has 0 atom stereocenters. The first kappa shape index (κ1) is 9.57. The minimum atomic E-state index is -2.75. The number of hydrogen-bond acceptors (Lipinski definition) is 3. The summed E-state index contributed by atoms with van der Waals surface area (Å²) in [5.74, 6) is 0. The molecule has 0 aliphatic carbocycles. The lowest BCUT2D eigenvalue weighted by atomic mass is 10.1. The van der Waals surface area contributed by atoms with E-state index in [9.17, 15) is 13.6 Å². The lowest BCUT2D eigenvalue weighted by Gasteiger charge is -2.06. The van der Waals surface area contributed by atoms with Crippen molar-refractivity contribution in [2.24, 2.45) is 0 Å². The van der Waals surface area contributed by atoms with Gasteiger partial charge in [-0.05, 0) is 13.0 Å². The van der Waals surface area contributed by atoms with Crippen LogP contribution < -0.4 is 5.73 Å². The topological polar surface area (TPSA) is 56.0 Å². The summed E-state index contributed by atoms with van der Waals surface area (Å²) >= 11 is 0. The monoisotopic (exact) mass is 186 g/mol. The van der Waals surface area contributed by atoms with Gasteiger partial charge in [0.2, 0.25) is 0 Å². The molecule has 0 saturated heterocycles. The summed E-state index contributed by atoms with van der Waals surface area (Å²) in [5, 5.41) is 0. The second kappa shape index (κ2) is 3.47. The van der Waals surface area contributed by atoms with Gasteiger partial charge in [-0.1, -0.05) is 0 Å². The Morgan fingerprint density at radius 1 is 1.62 bits per heavy atom. The molecule has 1 rings (SSSR count). The van der Waals surface area contributed by atoms with Crippen LogP contribution in [0.3, 0.4) is 0 Å². The summed E-state index contributed by atoms with van der Waals surface area (Å²) in [6, 6.07) is 1.37. The molecule has 70 valence electrons. The van der Waals surface area contributed by atoms with Crippen LogP contribution >= 0.6 is 0 Å². The van der Waals surface area contributed by atoms with Gasteiger partial charge in [0.05, 0.1) is 5.69 Å². The molecule has 0 aliphatic heterocycles. The number of carbonyl (C=O) groups is 1. The summed E-state index contributed by atoms with van der Waals surface area (Å²) in [6.07, 6.45) is -2.31. The molecule has 0 saturated carbocycles. The van der Waals surface area contributed by atoms with Crippen molar-refractivity contribution >= 4 is 12.0 Å². The van der Waals surface area contributed by atoms with Crippen molar-refractivity contribution < 1.29 is 13.6 Å². The van der Waals surface area contributed by atoms with Crippen molar-refractivity contribution in [3.63, 3.8) is 0 Å². The van der Waals surface area contributed by atoms with Crippen LogP contribution in [0.4, 0.5) is 14.5 Å². The van der Waals surface area contributed by atoms with Gasteiger partial charge in [-0.2, -0.15) is 0 Å². The molecule has 1 heterocycles. The Balaban J connectivity index is 3.35. The number of rotatable bonds is 2. The number of nitrogen functional groups attached to an aromatic ring is 1. The third kappa shape index (κ3) is 1.80. The molecule has 5 heteroatoms. The quantitative estimate of drug-likeness (QED) is 0.715. The molecular formula is C8H8F2N2O. The fourth-order valence-electron chi connectivity index (χ4n) is 0.997. The summed E-state index contributed by atoms with van der Waals surface area (Å²) in [7, 11) is 0. The molecule has 0 aliphatic rings. The first-order valence-corrected chi connectivity index (χ1v) is 3.56. The Morgan fingerprint density at radius 3 is 2.69 bits per heavy atom. The number of alkyl halides is 2. The van der Waals surface area contributed by atoms with E-state index in [0.29, 0.717) is 12.0 Å². The van der Waals surface area contributed by atoms with Gasteiger partial charge in [-0.15, -0.1) is 0 Å². The fourth-order valence-corrected chi connectivity index (χ4v) is 0.997. The smallest absolute Gasteiger partial charge is 0.282 e. The fraction of sp³-hybridized carbons (Fsp3) is 0.250. The maximum atomic E-state index is 12.3. The number of nitrogens with zero attached hydrogens (tertiary/aromatic N) is 1. The molecule has 1 aromatic rings.